The van der Waals surface area contributed by atoms with Crippen LogP contribution in [0.4, 0.5) is 0 Å². The number of nitrogens with one attached hydrogen (secondary N) is 1. The molecule has 3 aliphatic rings. The first kappa shape index (κ1) is 10.8. The van der Waals surface area contributed by atoms with Crippen molar-refractivity contribution in [2.24, 2.45) is 0 Å². The average molecular weight is 220 g/mol. The summed E-state index contributed by atoms with van der Waals surface area (Å²) in [5.41, 5.74) is 0.481. The summed E-state index contributed by atoms with van der Waals surface area (Å²) in [6.45, 7) is 4.87. The van der Waals surface area contributed by atoms with Crippen molar-refractivity contribution in [2.45, 2.75) is 63.1 Å². The van der Waals surface area contributed by atoms with Crippen LogP contribution in [0.15, 0.2) is 12.2 Å². The zero-order chi connectivity index (χ0) is 11.0. The summed E-state index contributed by atoms with van der Waals surface area (Å²) in [6.07, 6.45) is 12.9. The Kier molecular flexibility index (Phi) is 2.80. The van der Waals surface area contributed by atoms with E-state index in [0.717, 1.165) is 12.1 Å². The molecule has 0 aromatic heterocycles. The quantitative estimate of drug-likeness (QED) is 0.682. The first-order valence-electron chi connectivity index (χ1n) is 6.95. The number of piperazine rings is 1. The summed E-state index contributed by atoms with van der Waals surface area (Å²) in [5.74, 6) is 0. The van der Waals surface area contributed by atoms with E-state index in [9.17, 15) is 0 Å². The summed E-state index contributed by atoms with van der Waals surface area (Å²) in [5, 5.41) is 3.84. The zero-order valence-electron chi connectivity index (χ0n) is 10.4. The molecule has 0 aromatic rings. The van der Waals surface area contributed by atoms with Gasteiger partial charge in [-0.05, 0) is 32.6 Å². The van der Waals surface area contributed by atoms with Gasteiger partial charge in [0.1, 0.15) is 0 Å². The minimum atomic E-state index is 0.481. The van der Waals surface area contributed by atoms with Gasteiger partial charge in [0.15, 0.2) is 0 Å². The molecule has 1 unspecified atom stereocenters. The van der Waals surface area contributed by atoms with Crippen LogP contribution in [-0.4, -0.2) is 35.6 Å². The highest BCUT2D eigenvalue weighted by Crippen LogP contribution is 2.35. The van der Waals surface area contributed by atoms with Crippen LogP contribution in [0.3, 0.4) is 0 Å². The Bertz CT molecular complexity index is 270. The fraction of sp³-hybridized carbons (Fsp3) is 0.857. The van der Waals surface area contributed by atoms with Gasteiger partial charge in [-0.1, -0.05) is 25.0 Å². The maximum Gasteiger partial charge on any atom is 0.0309 e. The van der Waals surface area contributed by atoms with E-state index >= 15 is 0 Å². The summed E-state index contributed by atoms with van der Waals surface area (Å²) < 4.78 is 0. The van der Waals surface area contributed by atoms with Crippen LogP contribution < -0.4 is 5.32 Å². The van der Waals surface area contributed by atoms with Crippen molar-refractivity contribution in [2.75, 3.05) is 13.1 Å². The molecule has 16 heavy (non-hydrogen) atoms. The van der Waals surface area contributed by atoms with Crippen molar-refractivity contribution in [3.8, 4) is 0 Å². The predicted molar refractivity (Wildman–Crippen MR) is 67.5 cm³/mol. The standard InChI is InChI=1S/C14H24N2/c1-12-10-15-14(8-4-5-9-14)11-16(12)13-6-2-3-7-13/h2-3,12-13,15H,4-11H2,1H3. The highest BCUT2D eigenvalue weighted by molar-refractivity contribution is 5.06. The van der Waals surface area contributed by atoms with Crippen molar-refractivity contribution in [1.82, 2.24) is 10.2 Å². The van der Waals surface area contributed by atoms with Gasteiger partial charge in [-0.25, -0.2) is 0 Å². The highest BCUT2D eigenvalue weighted by atomic mass is 15.3. The van der Waals surface area contributed by atoms with Crippen LogP contribution in [0.2, 0.25) is 0 Å². The average Bonchev–Trinajstić information content (AvgIpc) is 2.94. The van der Waals surface area contributed by atoms with Crippen LogP contribution >= 0.6 is 0 Å². The molecule has 1 heterocycles. The second-order valence-electron chi connectivity index (χ2n) is 5.99. The molecule has 2 heteroatoms. The number of nitrogens with zero attached hydrogens (tertiary/aromatic N) is 1. The molecule has 2 nitrogen and oxygen atoms in total. The molecule has 0 aromatic carbocycles. The topological polar surface area (TPSA) is 15.3 Å². The van der Waals surface area contributed by atoms with Gasteiger partial charge in [0.25, 0.3) is 0 Å². The van der Waals surface area contributed by atoms with Crippen molar-refractivity contribution >= 4 is 0 Å². The molecule has 90 valence electrons. The molecular weight excluding hydrogens is 196 g/mol. The monoisotopic (exact) mass is 220 g/mol. The molecule has 3 rings (SSSR count). The minimum absolute atomic E-state index is 0.481. The van der Waals surface area contributed by atoms with Crippen LogP contribution in [0.1, 0.15) is 45.4 Å². The molecule has 1 N–H and O–H groups in total. The van der Waals surface area contributed by atoms with Crippen LogP contribution in [-0.2, 0) is 0 Å². The Morgan fingerprint density at radius 2 is 1.88 bits per heavy atom. The Morgan fingerprint density at radius 3 is 2.56 bits per heavy atom. The Balaban J connectivity index is 1.70. The Labute approximate surface area is 99.1 Å². The van der Waals surface area contributed by atoms with Crippen LogP contribution in [0.5, 0.6) is 0 Å². The minimum Gasteiger partial charge on any atom is -0.308 e. The van der Waals surface area contributed by atoms with Crippen molar-refractivity contribution < 1.29 is 0 Å². The predicted octanol–water partition coefficient (Wildman–Crippen LogP) is 2.31. The maximum absolute atomic E-state index is 3.84. The molecule has 2 aliphatic carbocycles. The summed E-state index contributed by atoms with van der Waals surface area (Å²) in [7, 11) is 0. The zero-order valence-corrected chi connectivity index (χ0v) is 10.4. The fourth-order valence-electron chi connectivity index (χ4n) is 3.79. The lowest BCUT2D eigenvalue weighted by atomic mass is 9.91. The molecule has 1 atom stereocenters. The summed E-state index contributed by atoms with van der Waals surface area (Å²) in [6, 6.07) is 1.52. The SMILES string of the molecule is CC1CNC2(CCCC2)CN1C1CC=CC1. The number of hydrogen-bond acceptors (Lipinski definition) is 2. The molecule has 0 radical (unpaired) electrons. The second-order valence-corrected chi connectivity index (χ2v) is 5.99. The number of hydrogen-bond donors (Lipinski definition) is 1. The third kappa shape index (κ3) is 1.82. The molecule has 0 bridgehead atoms. The molecule has 1 aliphatic heterocycles. The lowest BCUT2D eigenvalue weighted by molar-refractivity contribution is 0.0547. The molecule has 1 spiro atoms. The Hall–Kier alpha value is -0.340. The lowest BCUT2D eigenvalue weighted by Gasteiger charge is -2.48. The van der Waals surface area contributed by atoms with Gasteiger partial charge in [-0.3, -0.25) is 4.90 Å². The fourth-order valence-corrected chi connectivity index (χ4v) is 3.79. The summed E-state index contributed by atoms with van der Waals surface area (Å²) in [4.78, 5) is 2.78. The van der Waals surface area contributed by atoms with E-state index in [1.54, 1.807) is 0 Å². The molecule has 0 amide bonds. The van der Waals surface area contributed by atoms with E-state index in [-0.39, 0.29) is 0 Å². The van der Waals surface area contributed by atoms with Gasteiger partial charge < -0.3 is 5.32 Å². The highest BCUT2D eigenvalue weighted by Gasteiger charge is 2.41. The van der Waals surface area contributed by atoms with Crippen LogP contribution in [0.25, 0.3) is 0 Å². The van der Waals surface area contributed by atoms with Crippen LogP contribution in [0, 0.1) is 0 Å². The first-order valence-corrected chi connectivity index (χ1v) is 6.95. The van der Waals surface area contributed by atoms with Crippen molar-refractivity contribution in [1.29, 1.82) is 0 Å². The van der Waals surface area contributed by atoms with E-state index in [1.807, 2.05) is 0 Å². The van der Waals surface area contributed by atoms with E-state index in [0.29, 0.717) is 5.54 Å². The van der Waals surface area contributed by atoms with Crippen molar-refractivity contribution in [3.05, 3.63) is 12.2 Å². The smallest absolute Gasteiger partial charge is 0.0309 e. The van der Waals surface area contributed by atoms with E-state index in [4.69, 9.17) is 0 Å². The van der Waals surface area contributed by atoms with Gasteiger partial charge in [-0.15, -0.1) is 0 Å². The molecular formula is C14H24N2. The van der Waals surface area contributed by atoms with E-state index < -0.39 is 0 Å². The molecule has 1 saturated carbocycles. The lowest BCUT2D eigenvalue weighted by Crippen LogP contribution is -2.64. The van der Waals surface area contributed by atoms with E-state index in [2.05, 4.69) is 29.3 Å². The third-order valence-corrected chi connectivity index (χ3v) is 4.84. The third-order valence-electron chi connectivity index (χ3n) is 4.84. The normalized spacial score (nSPS) is 35.2. The number of rotatable bonds is 1. The van der Waals surface area contributed by atoms with Gasteiger partial charge in [-0.2, -0.15) is 0 Å². The van der Waals surface area contributed by atoms with Crippen molar-refractivity contribution in [3.63, 3.8) is 0 Å². The van der Waals surface area contributed by atoms with Gasteiger partial charge in [0, 0.05) is 30.7 Å². The molecule has 1 saturated heterocycles. The molecule has 2 fully saturated rings. The Morgan fingerprint density at radius 1 is 1.19 bits per heavy atom. The second kappa shape index (κ2) is 4.15. The first-order chi connectivity index (χ1) is 7.79. The van der Waals surface area contributed by atoms with E-state index in [1.165, 1.54) is 51.6 Å². The van der Waals surface area contributed by atoms with Gasteiger partial charge in [0.05, 0.1) is 0 Å². The van der Waals surface area contributed by atoms with Gasteiger partial charge >= 0.3 is 0 Å². The van der Waals surface area contributed by atoms with Gasteiger partial charge in [0.2, 0.25) is 0 Å². The largest absolute Gasteiger partial charge is 0.308 e. The summed E-state index contributed by atoms with van der Waals surface area (Å²) >= 11 is 0. The maximum atomic E-state index is 3.84.